The molecule has 2 aliphatic heterocycles. The van der Waals surface area contributed by atoms with Gasteiger partial charge in [0.25, 0.3) is 0 Å². The van der Waals surface area contributed by atoms with Crippen molar-refractivity contribution in [1.29, 1.82) is 0 Å². The number of aliphatic hydroxyl groups is 2. The van der Waals surface area contributed by atoms with Crippen molar-refractivity contribution in [1.82, 2.24) is 10.2 Å². The second kappa shape index (κ2) is 13.9. The Balaban J connectivity index is 1.69. The zero-order chi connectivity index (χ0) is 27.9. The van der Waals surface area contributed by atoms with E-state index in [9.17, 15) is 24.6 Å². The fourth-order valence-corrected chi connectivity index (χ4v) is 5.95. The molecule has 4 rings (SSSR count). The molecule has 0 saturated carbocycles. The van der Waals surface area contributed by atoms with E-state index >= 15 is 0 Å². The van der Waals surface area contributed by atoms with Gasteiger partial charge < -0.3 is 39.4 Å². The monoisotopic (exact) mass is 658 g/mol. The topological polar surface area (TPSA) is 144 Å². The number of methoxy groups -OCH3 is 1. The number of aldehydes is 1. The molecule has 1 aromatic rings. The molecule has 2 fully saturated rings. The molecule has 39 heavy (non-hydrogen) atoms. The van der Waals surface area contributed by atoms with E-state index in [1.54, 1.807) is 17.0 Å². The number of carbonyl (C=O) groups excluding carboxylic acids is 3. The highest BCUT2D eigenvalue weighted by atomic mass is 127. The normalized spacial score (nSPS) is 26.6. The first-order valence-corrected chi connectivity index (χ1v) is 14.2. The molecule has 0 spiro atoms. The molecular formula is C27H35IN2O9. The number of amides is 2. The molecule has 2 amide bonds. The highest BCUT2D eigenvalue weighted by Crippen LogP contribution is 2.37. The Morgan fingerprint density at radius 1 is 1.28 bits per heavy atom. The van der Waals surface area contributed by atoms with Gasteiger partial charge in [0.1, 0.15) is 18.5 Å². The van der Waals surface area contributed by atoms with Gasteiger partial charge in [-0.05, 0) is 60.1 Å². The summed E-state index contributed by atoms with van der Waals surface area (Å²) in [6, 6.07) is 2.39. The maximum absolute atomic E-state index is 13.7. The van der Waals surface area contributed by atoms with Crippen LogP contribution < -0.4 is 14.8 Å². The first-order chi connectivity index (χ1) is 18.9. The molecule has 1 aliphatic carbocycles. The Hall–Kier alpha value is -2.26. The minimum Gasteiger partial charge on any atom is -0.493 e. The molecule has 3 N–H and O–H groups in total. The summed E-state index contributed by atoms with van der Waals surface area (Å²) in [6.45, 7) is 1.53. The van der Waals surface area contributed by atoms with Crippen molar-refractivity contribution in [2.75, 3.05) is 46.6 Å². The second-order valence-corrected chi connectivity index (χ2v) is 11.0. The fourth-order valence-electron chi connectivity index (χ4n) is 5.20. The minimum atomic E-state index is -1.18. The largest absolute Gasteiger partial charge is 0.493 e. The van der Waals surface area contributed by atoms with Crippen molar-refractivity contribution < 1.29 is 43.5 Å². The number of hydrogen-bond acceptors (Lipinski definition) is 9. The van der Waals surface area contributed by atoms with Crippen molar-refractivity contribution in [3.63, 3.8) is 0 Å². The maximum Gasteiger partial charge on any atom is 0.247 e. The van der Waals surface area contributed by atoms with Gasteiger partial charge in [0.15, 0.2) is 11.5 Å². The van der Waals surface area contributed by atoms with Gasteiger partial charge in [-0.25, -0.2) is 0 Å². The molecular weight excluding hydrogens is 623 g/mol. The number of benzene rings is 1. The molecule has 3 aliphatic rings. The van der Waals surface area contributed by atoms with Crippen LogP contribution in [0.2, 0.25) is 0 Å². The Bertz CT molecular complexity index is 1070. The summed E-state index contributed by atoms with van der Waals surface area (Å²) >= 11 is 2.02. The third-order valence-electron chi connectivity index (χ3n) is 7.24. The lowest BCUT2D eigenvalue weighted by Gasteiger charge is -2.42. The van der Waals surface area contributed by atoms with Crippen LogP contribution in [-0.4, -0.2) is 104 Å². The lowest BCUT2D eigenvalue weighted by atomic mass is 9.87. The highest BCUT2D eigenvalue weighted by molar-refractivity contribution is 14.1. The van der Waals surface area contributed by atoms with E-state index in [0.29, 0.717) is 58.7 Å². The predicted octanol–water partition coefficient (Wildman–Crippen LogP) is 1.07. The van der Waals surface area contributed by atoms with E-state index < -0.39 is 24.2 Å². The molecule has 11 nitrogen and oxygen atoms in total. The SMILES string of the molecule is COc1cc(C=O)cc(I)c1O[C@H]1C=C(C(=O)NCCO)C[C@@H](N(C[C@@H]2CCCO2)C(=O)C2CCOC2)[C@@H]1O. The van der Waals surface area contributed by atoms with Crippen LogP contribution in [0, 0.1) is 9.49 Å². The van der Waals surface area contributed by atoms with Crippen LogP contribution in [0.25, 0.3) is 0 Å². The lowest BCUT2D eigenvalue weighted by molar-refractivity contribution is -0.145. The number of ether oxygens (including phenoxy) is 4. The molecule has 2 saturated heterocycles. The van der Waals surface area contributed by atoms with E-state index in [-0.39, 0.29) is 44.0 Å². The van der Waals surface area contributed by atoms with E-state index in [0.717, 1.165) is 12.8 Å². The lowest BCUT2D eigenvalue weighted by Crippen LogP contribution is -2.57. The summed E-state index contributed by atoms with van der Waals surface area (Å²) in [5, 5.41) is 23.5. The van der Waals surface area contributed by atoms with E-state index in [1.165, 1.54) is 13.2 Å². The van der Waals surface area contributed by atoms with Gasteiger partial charge in [-0.1, -0.05) is 0 Å². The quantitative estimate of drug-likeness (QED) is 0.235. The van der Waals surface area contributed by atoms with Crippen molar-refractivity contribution in [2.24, 2.45) is 5.92 Å². The molecule has 5 atom stereocenters. The molecule has 0 bridgehead atoms. The summed E-state index contributed by atoms with van der Waals surface area (Å²) < 4.78 is 23.6. The average Bonchev–Trinajstić information content (AvgIpc) is 3.67. The molecule has 1 unspecified atom stereocenters. The number of halogens is 1. The molecule has 0 aromatic heterocycles. The molecule has 12 heteroatoms. The fraction of sp³-hybridized carbons (Fsp3) is 0.593. The van der Waals surface area contributed by atoms with Gasteiger partial charge in [0.05, 0.1) is 42.0 Å². The van der Waals surface area contributed by atoms with Crippen molar-refractivity contribution in [3.05, 3.63) is 32.9 Å². The van der Waals surface area contributed by atoms with Gasteiger partial charge in [-0.3, -0.25) is 14.4 Å². The number of hydrogen-bond donors (Lipinski definition) is 3. The molecule has 2 heterocycles. The third kappa shape index (κ3) is 7.09. The van der Waals surface area contributed by atoms with E-state index in [4.69, 9.17) is 18.9 Å². The highest BCUT2D eigenvalue weighted by Gasteiger charge is 2.43. The smallest absolute Gasteiger partial charge is 0.247 e. The molecule has 0 radical (unpaired) electrons. The van der Waals surface area contributed by atoms with Crippen LogP contribution in [0.4, 0.5) is 0 Å². The van der Waals surface area contributed by atoms with Gasteiger partial charge in [-0.15, -0.1) is 0 Å². The van der Waals surface area contributed by atoms with Gasteiger partial charge in [0, 0.05) is 43.9 Å². The maximum atomic E-state index is 13.7. The van der Waals surface area contributed by atoms with E-state index in [1.807, 2.05) is 22.6 Å². The molecule has 1 aromatic carbocycles. The predicted molar refractivity (Wildman–Crippen MR) is 148 cm³/mol. The second-order valence-electron chi connectivity index (χ2n) is 9.85. The number of rotatable bonds is 11. The zero-order valence-corrected chi connectivity index (χ0v) is 24.0. The van der Waals surface area contributed by atoms with Crippen LogP contribution in [0.3, 0.4) is 0 Å². The first-order valence-electron chi connectivity index (χ1n) is 13.1. The van der Waals surface area contributed by atoms with Crippen molar-refractivity contribution in [2.45, 2.75) is 50.0 Å². The van der Waals surface area contributed by atoms with E-state index in [2.05, 4.69) is 5.32 Å². The van der Waals surface area contributed by atoms with Crippen LogP contribution >= 0.6 is 22.6 Å². The van der Waals surface area contributed by atoms with Crippen LogP contribution in [0.5, 0.6) is 11.5 Å². The Kier molecular flexibility index (Phi) is 10.6. The van der Waals surface area contributed by atoms with Gasteiger partial charge >= 0.3 is 0 Å². The van der Waals surface area contributed by atoms with Crippen LogP contribution in [0.15, 0.2) is 23.8 Å². The number of nitrogens with one attached hydrogen (secondary N) is 1. The number of nitrogens with zero attached hydrogens (tertiary/aromatic N) is 1. The van der Waals surface area contributed by atoms with Crippen LogP contribution in [-0.2, 0) is 19.1 Å². The summed E-state index contributed by atoms with van der Waals surface area (Å²) in [6.07, 6.45) is 2.26. The summed E-state index contributed by atoms with van der Waals surface area (Å²) in [5.74, 6) is -0.298. The minimum absolute atomic E-state index is 0.0613. The summed E-state index contributed by atoms with van der Waals surface area (Å²) in [4.78, 5) is 39.8. The number of aliphatic hydroxyl groups excluding tert-OH is 2. The van der Waals surface area contributed by atoms with Crippen molar-refractivity contribution >= 4 is 40.7 Å². The Labute approximate surface area is 240 Å². The Morgan fingerprint density at radius 3 is 2.74 bits per heavy atom. The Morgan fingerprint density at radius 2 is 2.10 bits per heavy atom. The van der Waals surface area contributed by atoms with Crippen molar-refractivity contribution in [3.8, 4) is 11.5 Å². The third-order valence-corrected chi connectivity index (χ3v) is 8.04. The summed E-state index contributed by atoms with van der Waals surface area (Å²) in [5.41, 5.74) is 0.729. The van der Waals surface area contributed by atoms with Crippen LogP contribution in [0.1, 0.15) is 36.0 Å². The molecule has 214 valence electrons. The summed E-state index contributed by atoms with van der Waals surface area (Å²) in [7, 11) is 1.45. The number of carbonyl (C=O) groups is 3. The van der Waals surface area contributed by atoms with Gasteiger partial charge in [-0.2, -0.15) is 0 Å². The average molecular weight is 658 g/mol. The zero-order valence-electron chi connectivity index (χ0n) is 21.8. The van der Waals surface area contributed by atoms with Gasteiger partial charge in [0.2, 0.25) is 11.8 Å². The standard InChI is InChI=1S/C27H35IN2O9/c1-36-23-10-16(14-32)9-20(28)25(23)39-22-12-18(26(34)29-5-6-31)11-21(24(22)33)30(13-19-3-2-7-38-19)27(35)17-4-8-37-15-17/h9-10,12,14,17,19,21-22,24,31,33H,2-8,11,13,15H2,1H3,(H,29,34)/t17?,19-,21+,22-,24-/m0/s1. The first kappa shape index (κ1) is 29.7.